The maximum atomic E-state index is 2.13. The second-order valence-corrected chi connectivity index (χ2v) is 6.61. The molecular formula is C20H18Ru2S2+4. The van der Waals surface area contributed by atoms with Gasteiger partial charge in [0.05, 0.1) is 0 Å². The molecule has 0 aromatic heterocycles. The molecule has 122 valence electrons. The first-order valence-corrected chi connectivity index (χ1v) is 9.21. The van der Waals surface area contributed by atoms with E-state index in [1.165, 1.54) is 10.5 Å². The summed E-state index contributed by atoms with van der Waals surface area (Å²) in [5, 5.41) is 2.64. The first-order chi connectivity index (χ1) is 10.9. The molecule has 0 heterocycles. The van der Waals surface area contributed by atoms with Crippen molar-refractivity contribution in [1.82, 2.24) is 0 Å². The van der Waals surface area contributed by atoms with E-state index in [-0.39, 0.29) is 39.0 Å². The van der Waals surface area contributed by atoms with Crippen LogP contribution in [0.4, 0.5) is 0 Å². The summed E-state index contributed by atoms with van der Waals surface area (Å²) in [6.45, 7) is 0. The van der Waals surface area contributed by atoms with Gasteiger partial charge in [-0.2, -0.15) is 0 Å². The Kier molecular flexibility index (Phi) is 19.8. The Morgan fingerprint density at radius 3 is 0.750 bits per heavy atom. The van der Waals surface area contributed by atoms with Crippen molar-refractivity contribution in [3.05, 3.63) is 126 Å². The van der Waals surface area contributed by atoms with Crippen LogP contribution in [0, 0.1) is 126 Å². The number of hydrogen-bond acceptors (Lipinski definition) is 2. The van der Waals surface area contributed by atoms with Gasteiger partial charge in [0.2, 0.25) is 0 Å². The van der Waals surface area contributed by atoms with E-state index in [9.17, 15) is 0 Å². The summed E-state index contributed by atoms with van der Waals surface area (Å²) < 4.78 is 0. The molecule has 0 nitrogen and oxygen atoms in total. The van der Waals surface area contributed by atoms with Crippen molar-refractivity contribution in [2.45, 2.75) is 0 Å². The molecule has 4 aliphatic carbocycles. The molecule has 0 spiro atoms. The topological polar surface area (TPSA) is 0 Å². The zero-order valence-electron chi connectivity index (χ0n) is 12.9. The fourth-order valence-corrected chi connectivity index (χ4v) is 3.53. The molecule has 0 amide bonds. The van der Waals surface area contributed by atoms with Gasteiger partial charge in [-0.05, 0) is 116 Å². The molecule has 0 aromatic carbocycles. The number of hydrogen-bond donors (Lipinski definition) is 0. The Hall–Kier alpha value is 1.95. The van der Waals surface area contributed by atoms with Crippen molar-refractivity contribution in [3.63, 3.8) is 0 Å². The zero-order chi connectivity index (χ0) is 15.3. The molecule has 0 saturated heterocycles. The van der Waals surface area contributed by atoms with Gasteiger partial charge >= 0.3 is 39.0 Å². The third-order valence-corrected chi connectivity index (χ3v) is 5.03. The van der Waals surface area contributed by atoms with E-state index >= 15 is 0 Å². The van der Waals surface area contributed by atoms with Gasteiger partial charge in [0.25, 0.3) is 0 Å². The second-order valence-electron chi connectivity index (χ2n) is 4.33. The van der Waals surface area contributed by atoms with E-state index in [1.807, 2.05) is 64.2 Å². The average Bonchev–Trinajstić information content (AvgIpc) is 3.41. The van der Waals surface area contributed by atoms with Crippen LogP contribution in [0.3, 0.4) is 0 Å². The molecule has 0 atom stereocenters. The van der Waals surface area contributed by atoms with Crippen LogP contribution >= 0.6 is 21.6 Å². The molecule has 0 aromatic rings. The summed E-state index contributed by atoms with van der Waals surface area (Å²) in [4.78, 5) is 0. The van der Waals surface area contributed by atoms with Crippen LogP contribution in [0.2, 0.25) is 0 Å². The molecule has 4 heteroatoms. The fraction of sp³-hybridized carbons (Fsp3) is 0. The number of rotatable bonds is 3. The molecule has 24 heavy (non-hydrogen) atoms. The Morgan fingerprint density at radius 2 is 0.542 bits per heavy atom. The van der Waals surface area contributed by atoms with Crippen molar-refractivity contribution in [1.29, 1.82) is 0 Å². The van der Waals surface area contributed by atoms with Gasteiger partial charge in [0, 0.05) is 10.5 Å². The Morgan fingerprint density at radius 1 is 0.333 bits per heavy atom. The van der Waals surface area contributed by atoms with Crippen molar-refractivity contribution < 1.29 is 39.0 Å². The van der Waals surface area contributed by atoms with Crippen LogP contribution in [0.25, 0.3) is 0 Å². The quantitative estimate of drug-likeness (QED) is 0.371. The minimum Gasteiger partial charge on any atom is -0.0845 e. The van der Waals surface area contributed by atoms with E-state index < -0.39 is 0 Å². The first-order valence-electron chi connectivity index (χ1n) is 7.06. The van der Waals surface area contributed by atoms with Crippen molar-refractivity contribution in [2.75, 3.05) is 0 Å². The van der Waals surface area contributed by atoms with E-state index in [0.29, 0.717) is 0 Å². The molecule has 4 saturated carbocycles. The molecular weight excluding hydrogens is 506 g/mol. The van der Waals surface area contributed by atoms with Gasteiger partial charge in [0.1, 0.15) is 0 Å². The smallest absolute Gasteiger partial charge is 0.0845 e. The van der Waals surface area contributed by atoms with E-state index in [2.05, 4.69) is 51.4 Å². The average molecular weight is 525 g/mol. The van der Waals surface area contributed by atoms with Crippen molar-refractivity contribution in [3.8, 4) is 0 Å². The summed E-state index contributed by atoms with van der Waals surface area (Å²) in [5.74, 6) is 0. The Balaban J connectivity index is 0.000000370. The van der Waals surface area contributed by atoms with Crippen LogP contribution in [0.15, 0.2) is 0 Å². The van der Waals surface area contributed by atoms with Gasteiger partial charge in [-0.3, -0.25) is 0 Å². The van der Waals surface area contributed by atoms with E-state index in [0.717, 1.165) is 0 Å². The zero-order valence-corrected chi connectivity index (χ0v) is 18.0. The molecule has 0 aliphatic heterocycles. The predicted octanol–water partition coefficient (Wildman–Crippen LogP) is 5.13. The van der Waals surface area contributed by atoms with Crippen LogP contribution in [-0.4, -0.2) is 0 Å². The third-order valence-electron chi connectivity index (χ3n) is 2.61. The standard InChI is InChI=1S/C10H8S2.2C5H5.2Ru/c1-2-6-9(5-1)11-12-10-7-3-4-8-10;2*1-2-4-5-3-1;;/h1-8H;2*1-5H;;/q;;;2*+2. The maximum Gasteiger partial charge on any atom is 2.00 e. The van der Waals surface area contributed by atoms with Crippen LogP contribution in [0.5, 0.6) is 0 Å². The summed E-state index contributed by atoms with van der Waals surface area (Å²) >= 11 is 0. The van der Waals surface area contributed by atoms with Crippen molar-refractivity contribution in [2.24, 2.45) is 0 Å². The second kappa shape index (κ2) is 18.3. The minimum absolute atomic E-state index is 0. The van der Waals surface area contributed by atoms with Crippen LogP contribution < -0.4 is 0 Å². The largest absolute Gasteiger partial charge is 2.00 e. The SMILES string of the molecule is [CH]1[CH][CH][CH][CH]1.[CH]1[CH][CH][CH][CH]1.[CH]1[CH][CH][C](SS[C]2[CH][CH][CH][CH]2)[CH]1.[Ru+2].[Ru+2]. The van der Waals surface area contributed by atoms with Crippen LogP contribution in [0.1, 0.15) is 0 Å². The molecule has 0 bridgehead atoms. The first kappa shape index (κ1) is 25.9. The minimum atomic E-state index is 0. The van der Waals surface area contributed by atoms with E-state index in [4.69, 9.17) is 0 Å². The van der Waals surface area contributed by atoms with Gasteiger partial charge < -0.3 is 0 Å². The Labute approximate surface area is 185 Å². The summed E-state index contributed by atoms with van der Waals surface area (Å²) in [6, 6.07) is 0. The summed E-state index contributed by atoms with van der Waals surface area (Å²) in [5.41, 5.74) is 0. The normalized spacial score (nSPS) is 23.5. The van der Waals surface area contributed by atoms with Crippen LogP contribution in [-0.2, 0) is 39.0 Å². The van der Waals surface area contributed by atoms with Gasteiger partial charge in [-0.25, -0.2) is 0 Å². The molecule has 4 aliphatic rings. The molecule has 0 unspecified atom stereocenters. The molecule has 4 fully saturated rings. The predicted molar refractivity (Wildman–Crippen MR) is 99.1 cm³/mol. The summed E-state index contributed by atoms with van der Waals surface area (Å²) in [6.07, 6.45) is 36.8. The summed E-state index contributed by atoms with van der Waals surface area (Å²) in [7, 11) is 3.60. The molecule has 0 N–H and O–H groups in total. The molecule has 4 rings (SSSR count). The van der Waals surface area contributed by atoms with Gasteiger partial charge in [-0.1, -0.05) is 21.6 Å². The molecule has 20 radical (unpaired) electrons. The fourth-order valence-electron chi connectivity index (χ4n) is 1.56. The Bertz CT molecular complexity index is 203. The third kappa shape index (κ3) is 13.2. The van der Waals surface area contributed by atoms with Gasteiger partial charge in [-0.15, -0.1) is 0 Å². The maximum absolute atomic E-state index is 2.13. The monoisotopic (exact) mass is 526 g/mol. The van der Waals surface area contributed by atoms with Crippen molar-refractivity contribution >= 4 is 21.6 Å². The van der Waals surface area contributed by atoms with Gasteiger partial charge in [0.15, 0.2) is 0 Å². The van der Waals surface area contributed by atoms with E-state index in [1.54, 1.807) is 21.6 Å².